The van der Waals surface area contributed by atoms with Gasteiger partial charge in [0.15, 0.2) is 0 Å². The SMILES string of the molecule is Brc1cccc(-c2cn(Cc3ccccc3)nn2)c1. The smallest absolute Gasteiger partial charge is 0.113 e. The molecule has 0 N–H and O–H groups in total. The van der Waals surface area contributed by atoms with Crippen molar-refractivity contribution in [3.05, 3.63) is 70.8 Å². The van der Waals surface area contributed by atoms with E-state index < -0.39 is 0 Å². The van der Waals surface area contributed by atoms with Gasteiger partial charge in [0.1, 0.15) is 5.69 Å². The quantitative estimate of drug-likeness (QED) is 0.737. The molecule has 0 fully saturated rings. The summed E-state index contributed by atoms with van der Waals surface area (Å²) in [5.41, 5.74) is 3.17. The van der Waals surface area contributed by atoms with Crippen LogP contribution in [0.2, 0.25) is 0 Å². The fourth-order valence-corrected chi connectivity index (χ4v) is 2.33. The molecule has 4 heteroatoms. The molecule has 0 atom stereocenters. The summed E-state index contributed by atoms with van der Waals surface area (Å²) >= 11 is 3.47. The molecule has 0 spiro atoms. The van der Waals surface area contributed by atoms with Crippen molar-refractivity contribution in [1.82, 2.24) is 15.0 Å². The second kappa shape index (κ2) is 5.36. The first-order valence-corrected chi connectivity index (χ1v) is 6.80. The summed E-state index contributed by atoms with van der Waals surface area (Å²) in [4.78, 5) is 0. The standard InChI is InChI=1S/C15H12BrN3/c16-14-8-4-7-13(9-14)15-11-19(18-17-15)10-12-5-2-1-3-6-12/h1-9,11H,10H2. The van der Waals surface area contributed by atoms with E-state index in [4.69, 9.17) is 0 Å². The molecule has 0 amide bonds. The number of hydrogen-bond acceptors (Lipinski definition) is 2. The Kier molecular flexibility index (Phi) is 3.42. The van der Waals surface area contributed by atoms with Crippen molar-refractivity contribution in [2.75, 3.05) is 0 Å². The van der Waals surface area contributed by atoms with Gasteiger partial charge in [-0.25, -0.2) is 4.68 Å². The summed E-state index contributed by atoms with van der Waals surface area (Å²) in [5.74, 6) is 0. The van der Waals surface area contributed by atoms with Crippen LogP contribution < -0.4 is 0 Å². The Hall–Kier alpha value is -1.94. The van der Waals surface area contributed by atoms with Gasteiger partial charge in [-0.3, -0.25) is 0 Å². The zero-order valence-corrected chi connectivity index (χ0v) is 11.8. The Morgan fingerprint density at radius 1 is 1.00 bits per heavy atom. The molecule has 0 saturated carbocycles. The molecule has 3 nitrogen and oxygen atoms in total. The van der Waals surface area contributed by atoms with Gasteiger partial charge in [-0.05, 0) is 17.7 Å². The number of nitrogens with zero attached hydrogens (tertiary/aromatic N) is 3. The monoisotopic (exact) mass is 313 g/mol. The molecule has 0 radical (unpaired) electrons. The van der Waals surface area contributed by atoms with E-state index in [0.29, 0.717) is 0 Å². The minimum Gasteiger partial charge on any atom is -0.247 e. The molecular weight excluding hydrogens is 302 g/mol. The number of rotatable bonds is 3. The summed E-state index contributed by atoms with van der Waals surface area (Å²) in [5, 5.41) is 8.38. The van der Waals surface area contributed by atoms with E-state index in [1.54, 1.807) is 0 Å². The molecule has 1 aromatic heterocycles. The van der Waals surface area contributed by atoms with E-state index >= 15 is 0 Å². The summed E-state index contributed by atoms with van der Waals surface area (Å²) < 4.78 is 2.90. The van der Waals surface area contributed by atoms with Gasteiger partial charge < -0.3 is 0 Å². The minimum absolute atomic E-state index is 0.738. The van der Waals surface area contributed by atoms with Crippen molar-refractivity contribution in [2.24, 2.45) is 0 Å². The fraction of sp³-hybridized carbons (Fsp3) is 0.0667. The van der Waals surface area contributed by atoms with Crippen LogP contribution in [0.4, 0.5) is 0 Å². The zero-order chi connectivity index (χ0) is 13.1. The Morgan fingerprint density at radius 3 is 2.63 bits per heavy atom. The number of halogens is 1. The van der Waals surface area contributed by atoms with Crippen LogP contribution in [0.5, 0.6) is 0 Å². The van der Waals surface area contributed by atoms with Crippen LogP contribution in [-0.4, -0.2) is 15.0 Å². The summed E-state index contributed by atoms with van der Waals surface area (Å²) in [6.45, 7) is 0.738. The molecule has 3 rings (SSSR count). The van der Waals surface area contributed by atoms with E-state index in [9.17, 15) is 0 Å². The van der Waals surface area contributed by atoms with Crippen molar-refractivity contribution in [2.45, 2.75) is 6.54 Å². The van der Waals surface area contributed by atoms with Gasteiger partial charge in [-0.15, -0.1) is 5.10 Å². The maximum Gasteiger partial charge on any atom is 0.113 e. The molecule has 0 aliphatic carbocycles. The molecule has 1 heterocycles. The lowest BCUT2D eigenvalue weighted by Crippen LogP contribution is -1.99. The third-order valence-electron chi connectivity index (χ3n) is 2.85. The molecule has 0 saturated heterocycles. The number of aromatic nitrogens is 3. The number of benzene rings is 2. The van der Waals surface area contributed by atoms with Crippen LogP contribution in [0.15, 0.2) is 65.3 Å². The summed E-state index contributed by atoms with van der Waals surface area (Å²) in [6, 6.07) is 18.3. The lowest BCUT2D eigenvalue weighted by molar-refractivity contribution is 0.650. The molecule has 0 aliphatic rings. The van der Waals surface area contributed by atoms with Crippen molar-refractivity contribution in [1.29, 1.82) is 0 Å². The molecule has 0 bridgehead atoms. The predicted octanol–water partition coefficient (Wildman–Crippen LogP) is 3.76. The average molecular weight is 314 g/mol. The molecular formula is C15H12BrN3. The van der Waals surface area contributed by atoms with Crippen molar-refractivity contribution < 1.29 is 0 Å². The van der Waals surface area contributed by atoms with Gasteiger partial charge in [0.25, 0.3) is 0 Å². The van der Waals surface area contributed by atoms with Crippen molar-refractivity contribution in [3.63, 3.8) is 0 Å². The first-order valence-electron chi connectivity index (χ1n) is 6.01. The second-order valence-corrected chi connectivity index (χ2v) is 5.21. The maximum absolute atomic E-state index is 4.22. The Labute approximate surface area is 120 Å². The van der Waals surface area contributed by atoms with E-state index in [2.05, 4.69) is 38.4 Å². The largest absolute Gasteiger partial charge is 0.247 e. The first-order chi connectivity index (χ1) is 9.31. The van der Waals surface area contributed by atoms with Crippen LogP contribution in [0.25, 0.3) is 11.3 Å². The molecule has 3 aromatic rings. The lowest BCUT2D eigenvalue weighted by Gasteiger charge is -1.99. The van der Waals surface area contributed by atoms with Gasteiger partial charge >= 0.3 is 0 Å². The Balaban J connectivity index is 1.84. The third kappa shape index (κ3) is 2.90. The third-order valence-corrected chi connectivity index (χ3v) is 3.34. The van der Waals surface area contributed by atoms with Crippen LogP contribution >= 0.6 is 15.9 Å². The van der Waals surface area contributed by atoms with Crippen LogP contribution in [0.1, 0.15) is 5.56 Å². The van der Waals surface area contributed by atoms with E-state index in [-0.39, 0.29) is 0 Å². The van der Waals surface area contributed by atoms with Gasteiger partial charge in [0, 0.05) is 10.0 Å². The Bertz CT molecular complexity index is 677. The van der Waals surface area contributed by atoms with E-state index in [0.717, 1.165) is 22.3 Å². The fourth-order valence-electron chi connectivity index (χ4n) is 1.93. The van der Waals surface area contributed by atoms with E-state index in [1.807, 2.05) is 53.3 Å². The molecule has 94 valence electrons. The van der Waals surface area contributed by atoms with Crippen LogP contribution in [0.3, 0.4) is 0 Å². The highest BCUT2D eigenvalue weighted by Crippen LogP contribution is 2.20. The van der Waals surface area contributed by atoms with Gasteiger partial charge in [0.05, 0.1) is 12.7 Å². The molecule has 19 heavy (non-hydrogen) atoms. The van der Waals surface area contributed by atoms with E-state index in [1.165, 1.54) is 5.56 Å². The highest BCUT2D eigenvalue weighted by Gasteiger charge is 2.04. The highest BCUT2D eigenvalue weighted by atomic mass is 79.9. The average Bonchev–Trinajstić information content (AvgIpc) is 2.88. The van der Waals surface area contributed by atoms with Gasteiger partial charge in [-0.2, -0.15) is 0 Å². The lowest BCUT2D eigenvalue weighted by atomic mass is 10.2. The second-order valence-electron chi connectivity index (χ2n) is 4.30. The zero-order valence-electron chi connectivity index (χ0n) is 10.2. The van der Waals surface area contributed by atoms with Gasteiger partial charge in [0.2, 0.25) is 0 Å². The molecule has 0 unspecified atom stereocenters. The summed E-state index contributed by atoms with van der Waals surface area (Å²) in [6.07, 6.45) is 1.97. The first kappa shape index (κ1) is 12.1. The minimum atomic E-state index is 0.738. The number of hydrogen-bond donors (Lipinski definition) is 0. The van der Waals surface area contributed by atoms with Gasteiger partial charge in [-0.1, -0.05) is 63.6 Å². The normalized spacial score (nSPS) is 10.6. The van der Waals surface area contributed by atoms with Crippen LogP contribution in [0, 0.1) is 0 Å². The summed E-state index contributed by atoms with van der Waals surface area (Å²) in [7, 11) is 0. The topological polar surface area (TPSA) is 30.7 Å². The highest BCUT2D eigenvalue weighted by molar-refractivity contribution is 9.10. The Morgan fingerprint density at radius 2 is 1.84 bits per heavy atom. The van der Waals surface area contributed by atoms with Crippen molar-refractivity contribution >= 4 is 15.9 Å². The maximum atomic E-state index is 4.22. The van der Waals surface area contributed by atoms with Crippen molar-refractivity contribution in [3.8, 4) is 11.3 Å². The predicted molar refractivity (Wildman–Crippen MR) is 78.7 cm³/mol. The molecule has 2 aromatic carbocycles. The molecule has 0 aliphatic heterocycles. The van der Waals surface area contributed by atoms with Crippen LogP contribution in [-0.2, 0) is 6.54 Å².